The van der Waals surface area contributed by atoms with Crippen LogP contribution in [-0.2, 0) is 6.18 Å². The molecule has 0 saturated heterocycles. The minimum atomic E-state index is -4.53. The van der Waals surface area contributed by atoms with Gasteiger partial charge in [0.2, 0.25) is 5.95 Å². The van der Waals surface area contributed by atoms with Crippen LogP contribution in [0.2, 0.25) is 0 Å². The summed E-state index contributed by atoms with van der Waals surface area (Å²) in [5.41, 5.74) is -1.02. The van der Waals surface area contributed by atoms with Crippen molar-refractivity contribution in [3.05, 3.63) is 11.8 Å². The molecule has 0 amide bonds. The molecule has 3 N–H and O–H groups in total. The molecule has 108 valence electrons. The highest BCUT2D eigenvalue weighted by molar-refractivity contribution is 5.43. The van der Waals surface area contributed by atoms with E-state index in [2.05, 4.69) is 20.6 Å². The first-order valence-corrected chi connectivity index (χ1v) is 5.95. The van der Waals surface area contributed by atoms with Crippen molar-refractivity contribution >= 4 is 11.8 Å². The van der Waals surface area contributed by atoms with Crippen molar-refractivity contribution in [3.63, 3.8) is 0 Å². The van der Waals surface area contributed by atoms with Gasteiger partial charge >= 0.3 is 6.18 Å². The zero-order valence-corrected chi connectivity index (χ0v) is 10.8. The predicted octanol–water partition coefficient (Wildman–Crippen LogP) is 2.11. The molecule has 1 aromatic heterocycles. The standard InChI is InChI=1S/C11H17F3N4O/c1-3-4-15-10-17-8(11(12,13)14)5-9(18-10)16-6-7(2)19/h5,7,19H,3-4,6H2,1-2H3,(H2,15,16,17,18). The summed E-state index contributed by atoms with van der Waals surface area (Å²) in [7, 11) is 0. The number of nitrogens with zero attached hydrogens (tertiary/aromatic N) is 2. The zero-order valence-electron chi connectivity index (χ0n) is 10.8. The van der Waals surface area contributed by atoms with E-state index in [-0.39, 0.29) is 18.3 Å². The molecule has 5 nitrogen and oxygen atoms in total. The van der Waals surface area contributed by atoms with Gasteiger partial charge in [0.05, 0.1) is 6.10 Å². The monoisotopic (exact) mass is 278 g/mol. The summed E-state index contributed by atoms with van der Waals surface area (Å²) in [6.45, 7) is 4.00. The minimum Gasteiger partial charge on any atom is -0.392 e. The Morgan fingerprint density at radius 2 is 2.00 bits per heavy atom. The number of nitrogens with one attached hydrogen (secondary N) is 2. The van der Waals surface area contributed by atoms with Gasteiger partial charge in [0.1, 0.15) is 5.82 Å². The van der Waals surface area contributed by atoms with Gasteiger partial charge in [0.25, 0.3) is 0 Å². The van der Waals surface area contributed by atoms with Crippen LogP contribution in [0, 0.1) is 0 Å². The average Bonchev–Trinajstić information content (AvgIpc) is 2.32. The number of aliphatic hydroxyl groups is 1. The largest absolute Gasteiger partial charge is 0.433 e. The third-order valence-electron chi connectivity index (χ3n) is 2.13. The number of alkyl halides is 3. The van der Waals surface area contributed by atoms with Crippen molar-refractivity contribution in [3.8, 4) is 0 Å². The first-order chi connectivity index (χ1) is 8.82. The van der Waals surface area contributed by atoms with E-state index in [0.717, 1.165) is 12.5 Å². The summed E-state index contributed by atoms with van der Waals surface area (Å²) in [5, 5.41) is 14.5. The van der Waals surface area contributed by atoms with E-state index in [1.165, 1.54) is 6.92 Å². The Balaban J connectivity index is 2.95. The topological polar surface area (TPSA) is 70.1 Å². The van der Waals surface area contributed by atoms with Gasteiger partial charge in [-0.05, 0) is 13.3 Å². The molecule has 0 aliphatic carbocycles. The molecular weight excluding hydrogens is 261 g/mol. The summed E-state index contributed by atoms with van der Waals surface area (Å²) in [4.78, 5) is 7.33. The van der Waals surface area contributed by atoms with Gasteiger partial charge in [-0.15, -0.1) is 0 Å². The Morgan fingerprint density at radius 3 is 2.53 bits per heavy atom. The maximum Gasteiger partial charge on any atom is 0.433 e. The molecule has 0 spiro atoms. The normalized spacial score (nSPS) is 13.2. The number of rotatable bonds is 6. The Hall–Kier alpha value is -1.57. The van der Waals surface area contributed by atoms with E-state index < -0.39 is 18.0 Å². The first-order valence-electron chi connectivity index (χ1n) is 5.95. The number of anilines is 2. The number of halogens is 3. The van der Waals surface area contributed by atoms with Crippen LogP contribution in [0.3, 0.4) is 0 Å². The summed E-state index contributed by atoms with van der Waals surface area (Å²) < 4.78 is 38.0. The number of aromatic nitrogens is 2. The SMILES string of the molecule is CCCNc1nc(NCC(C)O)cc(C(F)(F)F)n1. The molecule has 0 aromatic carbocycles. The number of hydrogen-bond acceptors (Lipinski definition) is 5. The van der Waals surface area contributed by atoms with E-state index in [1.807, 2.05) is 6.92 Å². The summed E-state index contributed by atoms with van der Waals surface area (Å²) >= 11 is 0. The van der Waals surface area contributed by atoms with Gasteiger partial charge < -0.3 is 15.7 Å². The molecule has 8 heteroatoms. The van der Waals surface area contributed by atoms with E-state index in [0.29, 0.717) is 6.54 Å². The molecule has 0 aliphatic rings. The second-order valence-corrected chi connectivity index (χ2v) is 4.12. The lowest BCUT2D eigenvalue weighted by Crippen LogP contribution is -2.18. The van der Waals surface area contributed by atoms with Gasteiger partial charge in [0, 0.05) is 19.2 Å². The number of hydrogen-bond donors (Lipinski definition) is 3. The average molecular weight is 278 g/mol. The second-order valence-electron chi connectivity index (χ2n) is 4.12. The van der Waals surface area contributed by atoms with Crippen molar-refractivity contribution in [2.45, 2.75) is 32.5 Å². The highest BCUT2D eigenvalue weighted by Gasteiger charge is 2.33. The summed E-state index contributed by atoms with van der Waals surface area (Å²) in [6, 6.07) is 0.819. The van der Waals surface area contributed by atoms with Gasteiger partial charge in [-0.3, -0.25) is 0 Å². The molecule has 0 aliphatic heterocycles. The second kappa shape index (κ2) is 6.55. The first kappa shape index (κ1) is 15.5. The van der Waals surface area contributed by atoms with E-state index in [1.54, 1.807) is 0 Å². The van der Waals surface area contributed by atoms with Crippen LogP contribution in [0.5, 0.6) is 0 Å². The number of aliphatic hydroxyl groups excluding tert-OH is 1. The smallest absolute Gasteiger partial charge is 0.392 e. The maximum absolute atomic E-state index is 12.7. The van der Waals surface area contributed by atoms with Gasteiger partial charge in [-0.25, -0.2) is 4.98 Å². The summed E-state index contributed by atoms with van der Waals surface area (Å²) in [6.07, 6.45) is -4.47. The molecule has 1 atom stereocenters. The van der Waals surface area contributed by atoms with Crippen molar-refractivity contribution < 1.29 is 18.3 Å². The van der Waals surface area contributed by atoms with Crippen LogP contribution in [-0.4, -0.2) is 34.3 Å². The van der Waals surface area contributed by atoms with Crippen molar-refractivity contribution in [1.29, 1.82) is 0 Å². The zero-order chi connectivity index (χ0) is 14.5. The highest BCUT2D eigenvalue weighted by atomic mass is 19.4. The van der Waals surface area contributed by atoms with Crippen LogP contribution in [0.1, 0.15) is 26.0 Å². The minimum absolute atomic E-state index is 0.0295. The van der Waals surface area contributed by atoms with E-state index in [9.17, 15) is 13.2 Å². The van der Waals surface area contributed by atoms with Gasteiger partial charge in [-0.1, -0.05) is 6.92 Å². The van der Waals surface area contributed by atoms with Crippen LogP contribution < -0.4 is 10.6 Å². The third-order valence-corrected chi connectivity index (χ3v) is 2.13. The molecule has 1 aromatic rings. The third kappa shape index (κ3) is 5.29. The van der Waals surface area contributed by atoms with Crippen molar-refractivity contribution in [2.24, 2.45) is 0 Å². The lowest BCUT2D eigenvalue weighted by Gasteiger charge is -2.13. The highest BCUT2D eigenvalue weighted by Crippen LogP contribution is 2.29. The lowest BCUT2D eigenvalue weighted by molar-refractivity contribution is -0.141. The van der Waals surface area contributed by atoms with Crippen LogP contribution in [0.25, 0.3) is 0 Å². The molecule has 19 heavy (non-hydrogen) atoms. The van der Waals surface area contributed by atoms with Crippen molar-refractivity contribution in [2.75, 3.05) is 23.7 Å². The quantitative estimate of drug-likeness (QED) is 0.743. The fraction of sp³-hybridized carbons (Fsp3) is 0.636. The van der Waals surface area contributed by atoms with Crippen LogP contribution in [0.4, 0.5) is 24.9 Å². The molecule has 0 fully saturated rings. The fourth-order valence-electron chi connectivity index (χ4n) is 1.25. The van der Waals surface area contributed by atoms with Crippen LogP contribution >= 0.6 is 0 Å². The molecule has 1 rings (SSSR count). The Bertz CT molecular complexity index is 409. The maximum atomic E-state index is 12.7. The molecule has 0 saturated carbocycles. The summed E-state index contributed by atoms with van der Waals surface area (Å²) in [5.74, 6) is -0.0494. The molecule has 0 radical (unpaired) electrons. The predicted molar refractivity (Wildman–Crippen MR) is 66.0 cm³/mol. The molecule has 1 unspecified atom stereocenters. The fourth-order valence-corrected chi connectivity index (χ4v) is 1.25. The molecule has 1 heterocycles. The van der Waals surface area contributed by atoms with E-state index in [4.69, 9.17) is 5.11 Å². The molecule has 0 bridgehead atoms. The lowest BCUT2D eigenvalue weighted by atomic mass is 10.3. The van der Waals surface area contributed by atoms with E-state index >= 15 is 0 Å². The Labute approximate surface area is 109 Å². The van der Waals surface area contributed by atoms with Crippen LogP contribution in [0.15, 0.2) is 6.07 Å². The Morgan fingerprint density at radius 1 is 1.32 bits per heavy atom. The van der Waals surface area contributed by atoms with Crippen molar-refractivity contribution in [1.82, 2.24) is 9.97 Å². The molecular formula is C11H17F3N4O. The van der Waals surface area contributed by atoms with Gasteiger partial charge in [-0.2, -0.15) is 18.2 Å². The Kier molecular flexibility index (Phi) is 5.34. The van der Waals surface area contributed by atoms with Gasteiger partial charge in [0.15, 0.2) is 5.69 Å².